The lowest BCUT2D eigenvalue weighted by atomic mass is 10.3. The predicted octanol–water partition coefficient (Wildman–Crippen LogP) is 1.69. The average molecular weight is 287 g/mol. The van der Waals surface area contributed by atoms with Crippen LogP contribution in [0, 0.1) is 0 Å². The number of amides is 1. The van der Waals surface area contributed by atoms with E-state index >= 15 is 0 Å². The van der Waals surface area contributed by atoms with Gasteiger partial charge in [0, 0.05) is 0 Å². The quantitative estimate of drug-likeness (QED) is 0.876. The highest BCUT2D eigenvalue weighted by Crippen LogP contribution is 2.16. The molecule has 0 aliphatic carbocycles. The molecule has 0 saturated carbocycles. The van der Waals surface area contributed by atoms with Crippen LogP contribution in [0.25, 0.3) is 0 Å². The SMILES string of the molecule is CCc1nnc(CNC(=O)c2cc(C(F)F)[nH]n2)s1. The molecule has 2 aromatic rings. The smallest absolute Gasteiger partial charge is 0.279 e. The van der Waals surface area contributed by atoms with Crippen molar-refractivity contribution < 1.29 is 13.6 Å². The lowest BCUT2D eigenvalue weighted by Gasteiger charge is -1.98. The lowest BCUT2D eigenvalue weighted by molar-refractivity contribution is 0.0946. The van der Waals surface area contributed by atoms with Crippen LogP contribution in [0.4, 0.5) is 8.78 Å². The number of alkyl halides is 2. The predicted molar refractivity (Wildman–Crippen MR) is 64.0 cm³/mol. The second kappa shape index (κ2) is 5.83. The van der Waals surface area contributed by atoms with Gasteiger partial charge in [-0.3, -0.25) is 9.89 Å². The number of nitrogens with zero attached hydrogens (tertiary/aromatic N) is 3. The van der Waals surface area contributed by atoms with Crippen LogP contribution >= 0.6 is 11.3 Å². The summed E-state index contributed by atoms with van der Waals surface area (Å²) >= 11 is 1.39. The number of hydrogen-bond acceptors (Lipinski definition) is 5. The normalized spacial score (nSPS) is 10.9. The van der Waals surface area contributed by atoms with Crippen LogP contribution in [-0.2, 0) is 13.0 Å². The molecular weight excluding hydrogens is 276 g/mol. The fraction of sp³-hybridized carbons (Fsp3) is 0.400. The average Bonchev–Trinajstić information content (AvgIpc) is 3.04. The van der Waals surface area contributed by atoms with Crippen LogP contribution in [0.3, 0.4) is 0 Å². The number of carbonyl (C=O) groups is 1. The second-order valence-electron chi connectivity index (χ2n) is 3.63. The molecule has 19 heavy (non-hydrogen) atoms. The number of halogens is 2. The third-order valence-electron chi connectivity index (χ3n) is 2.28. The Hall–Kier alpha value is -1.90. The minimum atomic E-state index is -2.68. The summed E-state index contributed by atoms with van der Waals surface area (Å²) in [6, 6.07) is 1.03. The zero-order valence-electron chi connectivity index (χ0n) is 9.98. The van der Waals surface area contributed by atoms with E-state index in [0.717, 1.165) is 17.5 Å². The number of rotatable bonds is 5. The summed E-state index contributed by atoms with van der Waals surface area (Å²) < 4.78 is 24.6. The van der Waals surface area contributed by atoms with E-state index in [4.69, 9.17) is 0 Å². The van der Waals surface area contributed by atoms with Gasteiger partial charge in [-0.1, -0.05) is 18.3 Å². The van der Waals surface area contributed by atoms with Crippen molar-refractivity contribution in [3.63, 3.8) is 0 Å². The Bertz CT molecular complexity index is 568. The van der Waals surface area contributed by atoms with Crippen molar-refractivity contribution in [3.8, 4) is 0 Å². The number of H-pyrrole nitrogens is 1. The second-order valence-corrected chi connectivity index (χ2v) is 4.78. The molecule has 2 rings (SSSR count). The molecule has 0 unspecified atom stereocenters. The number of carbonyl (C=O) groups excluding carboxylic acids is 1. The molecule has 0 radical (unpaired) electrons. The molecule has 0 spiro atoms. The molecule has 2 heterocycles. The first kappa shape index (κ1) is 13.5. The van der Waals surface area contributed by atoms with E-state index in [1.165, 1.54) is 11.3 Å². The molecule has 2 N–H and O–H groups in total. The Kier molecular flexibility index (Phi) is 4.15. The highest BCUT2D eigenvalue weighted by Gasteiger charge is 2.15. The Balaban J connectivity index is 1.93. The van der Waals surface area contributed by atoms with Gasteiger partial charge in [-0.05, 0) is 12.5 Å². The number of aromatic nitrogens is 4. The van der Waals surface area contributed by atoms with Gasteiger partial charge in [-0.2, -0.15) is 5.10 Å². The zero-order chi connectivity index (χ0) is 13.8. The van der Waals surface area contributed by atoms with Gasteiger partial charge in [0.1, 0.15) is 21.4 Å². The van der Waals surface area contributed by atoms with E-state index in [0.29, 0.717) is 5.01 Å². The van der Waals surface area contributed by atoms with Crippen LogP contribution in [0.1, 0.15) is 39.5 Å². The first-order chi connectivity index (χ1) is 9.10. The van der Waals surface area contributed by atoms with Gasteiger partial charge in [-0.25, -0.2) is 8.78 Å². The molecule has 0 fully saturated rings. The molecule has 0 aliphatic heterocycles. The third kappa shape index (κ3) is 3.31. The molecule has 6 nitrogen and oxygen atoms in total. The van der Waals surface area contributed by atoms with E-state index in [1.807, 2.05) is 6.92 Å². The Morgan fingerprint density at radius 3 is 2.79 bits per heavy atom. The number of hydrogen-bond donors (Lipinski definition) is 2. The number of aromatic amines is 1. The monoisotopic (exact) mass is 287 g/mol. The maximum atomic E-state index is 12.3. The first-order valence-corrected chi connectivity index (χ1v) is 6.34. The summed E-state index contributed by atoms with van der Waals surface area (Å²) in [5, 5.41) is 17.5. The van der Waals surface area contributed by atoms with Gasteiger partial charge < -0.3 is 5.32 Å². The van der Waals surface area contributed by atoms with E-state index in [1.54, 1.807) is 0 Å². The van der Waals surface area contributed by atoms with Gasteiger partial charge in [0.25, 0.3) is 12.3 Å². The molecule has 2 aromatic heterocycles. The van der Waals surface area contributed by atoms with Crippen molar-refractivity contribution >= 4 is 17.2 Å². The summed E-state index contributed by atoms with van der Waals surface area (Å²) in [5.41, 5.74) is -0.454. The summed E-state index contributed by atoms with van der Waals surface area (Å²) in [6.07, 6.45) is -1.90. The Morgan fingerprint density at radius 2 is 2.21 bits per heavy atom. The summed E-state index contributed by atoms with van der Waals surface area (Å²) in [5.74, 6) is -0.531. The Labute approximate surface area is 111 Å². The molecule has 0 aliphatic rings. The van der Waals surface area contributed by atoms with Crippen LogP contribution in [0.15, 0.2) is 6.07 Å². The zero-order valence-corrected chi connectivity index (χ0v) is 10.8. The highest BCUT2D eigenvalue weighted by molar-refractivity contribution is 7.11. The topological polar surface area (TPSA) is 83.6 Å². The molecule has 0 aromatic carbocycles. The minimum Gasteiger partial charge on any atom is -0.344 e. The molecule has 9 heteroatoms. The van der Waals surface area contributed by atoms with Gasteiger partial charge in [-0.15, -0.1) is 10.2 Å². The van der Waals surface area contributed by atoms with Crippen LogP contribution in [0.5, 0.6) is 0 Å². The van der Waals surface area contributed by atoms with Crippen molar-refractivity contribution in [2.24, 2.45) is 0 Å². The van der Waals surface area contributed by atoms with Crippen LogP contribution in [-0.4, -0.2) is 26.3 Å². The molecule has 102 valence electrons. The summed E-state index contributed by atoms with van der Waals surface area (Å²) in [7, 11) is 0. The highest BCUT2D eigenvalue weighted by atomic mass is 32.1. The minimum absolute atomic E-state index is 0.0736. The van der Waals surface area contributed by atoms with E-state index in [-0.39, 0.29) is 17.9 Å². The number of aryl methyl sites for hydroxylation is 1. The van der Waals surface area contributed by atoms with Gasteiger partial charge in [0.2, 0.25) is 0 Å². The van der Waals surface area contributed by atoms with Crippen molar-refractivity contribution in [2.45, 2.75) is 26.3 Å². The number of nitrogens with one attached hydrogen (secondary N) is 2. The van der Waals surface area contributed by atoms with Crippen molar-refractivity contribution in [1.82, 2.24) is 25.7 Å². The molecule has 0 atom stereocenters. The van der Waals surface area contributed by atoms with Gasteiger partial charge in [0.15, 0.2) is 0 Å². The van der Waals surface area contributed by atoms with Gasteiger partial charge >= 0.3 is 0 Å². The Morgan fingerprint density at radius 1 is 1.47 bits per heavy atom. The standard InChI is InChI=1S/C10H11F2N5OS/c1-2-7-16-17-8(19-7)4-13-10(18)6-3-5(9(11)12)14-15-6/h3,9H,2,4H2,1H3,(H,13,18)(H,14,15). The van der Waals surface area contributed by atoms with E-state index in [2.05, 4.69) is 25.7 Å². The summed E-state index contributed by atoms with van der Waals surface area (Å²) in [4.78, 5) is 11.6. The van der Waals surface area contributed by atoms with E-state index in [9.17, 15) is 13.6 Å². The molecule has 0 bridgehead atoms. The van der Waals surface area contributed by atoms with Crippen LogP contribution < -0.4 is 5.32 Å². The largest absolute Gasteiger partial charge is 0.344 e. The maximum absolute atomic E-state index is 12.3. The fourth-order valence-corrected chi connectivity index (χ4v) is 2.04. The van der Waals surface area contributed by atoms with E-state index < -0.39 is 12.3 Å². The van der Waals surface area contributed by atoms with Gasteiger partial charge in [0.05, 0.1) is 6.54 Å². The summed E-state index contributed by atoms with van der Waals surface area (Å²) in [6.45, 7) is 2.16. The fourth-order valence-electron chi connectivity index (χ4n) is 1.31. The van der Waals surface area contributed by atoms with Crippen LogP contribution in [0.2, 0.25) is 0 Å². The maximum Gasteiger partial charge on any atom is 0.279 e. The first-order valence-electron chi connectivity index (χ1n) is 5.53. The molecule has 0 saturated heterocycles. The van der Waals surface area contributed by atoms with Crippen molar-refractivity contribution in [2.75, 3.05) is 0 Å². The third-order valence-corrected chi connectivity index (χ3v) is 3.34. The van der Waals surface area contributed by atoms with Crippen molar-refractivity contribution in [3.05, 3.63) is 27.5 Å². The molecular formula is C10H11F2N5OS. The molecule has 1 amide bonds. The lowest BCUT2D eigenvalue weighted by Crippen LogP contribution is -2.23. The van der Waals surface area contributed by atoms with Crippen molar-refractivity contribution in [1.29, 1.82) is 0 Å².